The van der Waals surface area contributed by atoms with Crippen LogP contribution in [0.15, 0.2) is 5.16 Å². The molecule has 1 spiro atoms. The third-order valence-corrected chi connectivity index (χ3v) is 8.67. The minimum absolute atomic E-state index is 0.000986. The van der Waals surface area contributed by atoms with Crippen LogP contribution in [0.25, 0.3) is 0 Å². The number of hydrogen-bond donors (Lipinski definition) is 3. The summed E-state index contributed by atoms with van der Waals surface area (Å²) in [6, 6.07) is -2.21. The molecule has 3 fully saturated rings. The molecular formula is C31H47N5O9. The molecule has 14 heteroatoms. The van der Waals surface area contributed by atoms with E-state index >= 15 is 0 Å². The Hall–Kier alpha value is -3.55. The summed E-state index contributed by atoms with van der Waals surface area (Å²) in [6.07, 6.45) is 2.44. The summed E-state index contributed by atoms with van der Waals surface area (Å²) < 4.78 is 10.9. The van der Waals surface area contributed by atoms with Crippen LogP contribution in [-0.2, 0) is 43.1 Å². The first-order chi connectivity index (χ1) is 21.3. The van der Waals surface area contributed by atoms with Crippen LogP contribution in [0.1, 0.15) is 86.0 Å². The van der Waals surface area contributed by atoms with Crippen molar-refractivity contribution >= 4 is 41.1 Å². The second-order valence-corrected chi connectivity index (χ2v) is 13.6. The highest BCUT2D eigenvalue weighted by atomic mass is 16.7. The summed E-state index contributed by atoms with van der Waals surface area (Å²) in [6.45, 7) is 10.2. The van der Waals surface area contributed by atoms with Gasteiger partial charge in [-0.3, -0.25) is 28.8 Å². The number of nitrogens with zero attached hydrogens (tertiary/aromatic N) is 2. The number of carbonyl (C=O) groups is 6. The Labute approximate surface area is 263 Å². The lowest BCUT2D eigenvalue weighted by Crippen LogP contribution is -2.54. The molecule has 1 aliphatic carbocycles. The molecule has 3 N–H and O–H groups in total. The molecule has 0 aromatic carbocycles. The van der Waals surface area contributed by atoms with Gasteiger partial charge in [-0.15, -0.1) is 0 Å². The van der Waals surface area contributed by atoms with Gasteiger partial charge < -0.3 is 35.2 Å². The first-order valence-corrected chi connectivity index (χ1v) is 16.0. The lowest BCUT2D eigenvalue weighted by Gasteiger charge is -2.35. The number of oxime groups is 1. The summed E-state index contributed by atoms with van der Waals surface area (Å²) in [7, 11) is 0. The van der Waals surface area contributed by atoms with E-state index in [2.05, 4.69) is 21.1 Å². The number of esters is 1. The van der Waals surface area contributed by atoms with Gasteiger partial charge in [-0.1, -0.05) is 39.3 Å². The second-order valence-electron chi connectivity index (χ2n) is 13.6. The van der Waals surface area contributed by atoms with E-state index < -0.39 is 64.4 Å². The molecule has 0 aromatic heterocycles. The van der Waals surface area contributed by atoms with Gasteiger partial charge in [0.2, 0.25) is 17.6 Å². The fourth-order valence-corrected chi connectivity index (χ4v) is 5.95. The van der Waals surface area contributed by atoms with Crippen LogP contribution in [-0.4, -0.2) is 102 Å². The van der Waals surface area contributed by atoms with E-state index in [-0.39, 0.29) is 50.1 Å². The Balaban J connectivity index is 1.56. The normalized spacial score (nSPS) is 25.6. The molecule has 4 aliphatic rings. The third kappa shape index (κ3) is 8.59. The van der Waals surface area contributed by atoms with Crippen LogP contribution >= 0.6 is 0 Å². The highest BCUT2D eigenvalue weighted by Gasteiger charge is 2.56. The van der Waals surface area contributed by atoms with Crippen molar-refractivity contribution in [2.24, 2.45) is 16.5 Å². The average Bonchev–Trinajstić information content (AvgIpc) is 3.34. The molecule has 3 aliphatic heterocycles. The van der Waals surface area contributed by atoms with Gasteiger partial charge >= 0.3 is 5.97 Å². The smallest absolute Gasteiger partial charge is 0.306 e. The zero-order valence-electron chi connectivity index (χ0n) is 26.9. The van der Waals surface area contributed by atoms with Crippen molar-refractivity contribution in [1.29, 1.82) is 0 Å². The molecule has 250 valence electrons. The highest BCUT2D eigenvalue weighted by Crippen LogP contribution is 2.41. The maximum Gasteiger partial charge on any atom is 0.306 e. The molecule has 2 saturated heterocycles. The van der Waals surface area contributed by atoms with Crippen molar-refractivity contribution in [3.05, 3.63) is 0 Å². The van der Waals surface area contributed by atoms with Gasteiger partial charge in [0.15, 0.2) is 5.60 Å². The number of nitrogens with one attached hydrogen (secondary N) is 3. The molecule has 5 atom stereocenters. The van der Waals surface area contributed by atoms with Gasteiger partial charge in [-0.2, -0.15) is 0 Å². The molecule has 4 rings (SSSR count). The number of Topliss-reactive ketones (excluding diaryl/α,β-unsaturated/α-hetero) is 1. The van der Waals surface area contributed by atoms with Gasteiger partial charge in [-0.25, -0.2) is 0 Å². The number of hydrogen-bond acceptors (Lipinski definition) is 10. The van der Waals surface area contributed by atoms with E-state index in [0.29, 0.717) is 32.6 Å². The van der Waals surface area contributed by atoms with E-state index in [1.807, 2.05) is 27.7 Å². The topological polar surface area (TPSA) is 182 Å². The molecule has 3 heterocycles. The molecule has 0 unspecified atom stereocenters. The minimum atomic E-state index is -1.16. The van der Waals surface area contributed by atoms with Crippen LogP contribution in [0.5, 0.6) is 0 Å². The largest absolute Gasteiger partial charge is 0.460 e. The zero-order chi connectivity index (χ0) is 32.9. The van der Waals surface area contributed by atoms with E-state index in [0.717, 1.165) is 12.8 Å². The number of rotatable bonds is 13. The van der Waals surface area contributed by atoms with Crippen molar-refractivity contribution in [2.75, 3.05) is 26.3 Å². The standard InChI is InChI=1S/C31H47N5O9/c1-6-8-21(25(38)28(41)33-18-9-10-18)34-27(40)23-15-31(14-22(35-45-31)26(39)32-7-2)17-36(23)29(42)20(30(3,4)5)13-24(37)44-19-11-12-43-16-19/h18-21,23H,6-17H2,1-5H3,(H,32,39)(H,33,41)(H,34,40)/t19-,20+,21-,23-,31+/m0/s1. The maximum atomic E-state index is 14.3. The van der Waals surface area contributed by atoms with Gasteiger partial charge in [0, 0.05) is 31.8 Å². The summed E-state index contributed by atoms with van der Waals surface area (Å²) in [4.78, 5) is 86.5. The second kappa shape index (κ2) is 14.3. The van der Waals surface area contributed by atoms with Crippen LogP contribution in [0.3, 0.4) is 0 Å². The molecule has 4 amide bonds. The molecule has 0 aromatic rings. The van der Waals surface area contributed by atoms with Crippen molar-refractivity contribution in [1.82, 2.24) is 20.9 Å². The van der Waals surface area contributed by atoms with E-state index in [9.17, 15) is 28.8 Å². The Morgan fingerprint density at radius 1 is 1.11 bits per heavy atom. The minimum Gasteiger partial charge on any atom is -0.460 e. The summed E-state index contributed by atoms with van der Waals surface area (Å²) in [5.74, 6) is -4.37. The average molecular weight is 634 g/mol. The zero-order valence-corrected chi connectivity index (χ0v) is 26.9. The van der Waals surface area contributed by atoms with Gasteiger partial charge in [0.05, 0.1) is 38.1 Å². The number of amides is 4. The summed E-state index contributed by atoms with van der Waals surface area (Å²) >= 11 is 0. The molecule has 45 heavy (non-hydrogen) atoms. The van der Waals surface area contributed by atoms with E-state index in [1.165, 1.54) is 4.90 Å². The quantitative estimate of drug-likeness (QED) is 0.195. The van der Waals surface area contributed by atoms with Gasteiger partial charge in [-0.05, 0) is 31.6 Å². The molecule has 1 saturated carbocycles. The van der Waals surface area contributed by atoms with Crippen LogP contribution in [0.4, 0.5) is 0 Å². The predicted octanol–water partition coefficient (Wildman–Crippen LogP) is 0.756. The molecular weight excluding hydrogens is 586 g/mol. The Morgan fingerprint density at radius 3 is 2.44 bits per heavy atom. The summed E-state index contributed by atoms with van der Waals surface area (Å²) in [5, 5.41) is 12.1. The van der Waals surface area contributed by atoms with Crippen LogP contribution in [0.2, 0.25) is 0 Å². The fourth-order valence-electron chi connectivity index (χ4n) is 5.95. The number of likely N-dealkylation sites (tertiary alicyclic amines) is 1. The Bertz CT molecular complexity index is 1200. The number of carbonyl (C=O) groups excluding carboxylic acids is 6. The predicted molar refractivity (Wildman–Crippen MR) is 161 cm³/mol. The molecule has 0 radical (unpaired) electrons. The molecule has 0 bridgehead atoms. The first kappa shape index (κ1) is 34.3. The SMILES string of the molecule is CCC[C@H](NC(=O)[C@@H]1C[C@]2(CC(C(=O)NCC)=NO2)CN1C(=O)[C@@H](CC(=O)O[C@H]1CCOC1)C(C)(C)C)C(=O)C(=O)NC1CC1. The van der Waals surface area contributed by atoms with Crippen molar-refractivity contribution in [3.63, 3.8) is 0 Å². The van der Waals surface area contributed by atoms with E-state index in [1.54, 1.807) is 6.92 Å². The lowest BCUT2D eigenvalue weighted by atomic mass is 9.77. The monoisotopic (exact) mass is 633 g/mol. The van der Waals surface area contributed by atoms with Crippen molar-refractivity contribution < 1.29 is 43.1 Å². The van der Waals surface area contributed by atoms with Crippen LogP contribution in [0, 0.1) is 11.3 Å². The van der Waals surface area contributed by atoms with Crippen molar-refractivity contribution in [2.45, 2.75) is 116 Å². The Kier molecular flexibility index (Phi) is 10.9. The molecule has 14 nitrogen and oxygen atoms in total. The van der Waals surface area contributed by atoms with Gasteiger partial charge in [0.25, 0.3) is 11.8 Å². The Morgan fingerprint density at radius 2 is 1.84 bits per heavy atom. The maximum absolute atomic E-state index is 14.3. The number of ketones is 1. The third-order valence-electron chi connectivity index (χ3n) is 8.67. The highest BCUT2D eigenvalue weighted by molar-refractivity contribution is 6.39. The van der Waals surface area contributed by atoms with Crippen molar-refractivity contribution in [3.8, 4) is 0 Å². The van der Waals surface area contributed by atoms with E-state index in [4.69, 9.17) is 14.3 Å². The number of ether oxygens (including phenoxy) is 2. The first-order valence-electron chi connectivity index (χ1n) is 16.0. The van der Waals surface area contributed by atoms with Gasteiger partial charge in [0.1, 0.15) is 17.9 Å². The fraction of sp³-hybridized carbons (Fsp3) is 0.774. The van der Waals surface area contributed by atoms with Crippen LogP contribution < -0.4 is 16.0 Å². The summed E-state index contributed by atoms with van der Waals surface area (Å²) in [5.41, 5.74) is -1.70. The lowest BCUT2D eigenvalue weighted by molar-refractivity contribution is -0.156.